The largest absolute Gasteiger partial charge is 0.495 e. The summed E-state index contributed by atoms with van der Waals surface area (Å²) < 4.78 is 44.4. The van der Waals surface area contributed by atoms with E-state index in [4.69, 9.17) is 25.8 Å². The molecular weight excluding hydrogens is 504 g/mol. The third-order valence-electron chi connectivity index (χ3n) is 5.49. The highest BCUT2D eigenvalue weighted by Crippen LogP contribution is 2.28. The van der Waals surface area contributed by atoms with Crippen LogP contribution in [-0.4, -0.2) is 48.2 Å². The maximum Gasteiger partial charge on any atom is 0.241 e. The normalized spacial score (nSPS) is 12.0. The predicted molar refractivity (Wildman–Crippen MR) is 139 cm³/mol. The molecule has 2 N–H and O–H groups in total. The van der Waals surface area contributed by atoms with Crippen molar-refractivity contribution in [3.63, 3.8) is 0 Å². The van der Waals surface area contributed by atoms with Crippen LogP contribution < -0.4 is 24.2 Å². The Morgan fingerprint density at radius 3 is 2.17 bits per heavy atom. The van der Waals surface area contributed by atoms with Crippen LogP contribution >= 0.6 is 11.6 Å². The number of nitrogens with one attached hydrogen (secondary N) is 2. The van der Waals surface area contributed by atoms with E-state index in [2.05, 4.69) is 10.0 Å². The average molecular weight is 533 g/mol. The Bertz CT molecular complexity index is 1280. The van der Waals surface area contributed by atoms with Crippen LogP contribution in [0.25, 0.3) is 0 Å². The molecule has 0 aromatic heterocycles. The SMILES string of the molecule is COc1ccc(S(=O)(=O)N[C@@H](Cc2ccccc2)C(=O)NCCc2ccc(OC)c(OC)c2)cc1Cl. The van der Waals surface area contributed by atoms with Crippen LogP contribution in [0.1, 0.15) is 11.1 Å². The van der Waals surface area contributed by atoms with Gasteiger partial charge in [-0.2, -0.15) is 4.72 Å². The molecule has 0 aliphatic heterocycles. The van der Waals surface area contributed by atoms with Crippen LogP contribution in [0.4, 0.5) is 0 Å². The van der Waals surface area contributed by atoms with Gasteiger partial charge in [0.25, 0.3) is 0 Å². The van der Waals surface area contributed by atoms with Gasteiger partial charge >= 0.3 is 0 Å². The molecule has 0 fully saturated rings. The molecule has 10 heteroatoms. The van der Waals surface area contributed by atoms with Crippen LogP contribution in [0, 0.1) is 0 Å². The molecule has 3 aromatic rings. The summed E-state index contributed by atoms with van der Waals surface area (Å²) in [7, 11) is 0.509. The number of amides is 1. The lowest BCUT2D eigenvalue weighted by Gasteiger charge is -2.19. The first-order chi connectivity index (χ1) is 17.3. The molecule has 3 rings (SSSR count). The predicted octanol–water partition coefficient (Wildman–Crippen LogP) is 3.61. The molecule has 0 bridgehead atoms. The second-order valence-corrected chi connectivity index (χ2v) is 10.0. The van der Waals surface area contributed by atoms with Crippen LogP contribution in [0.2, 0.25) is 5.02 Å². The van der Waals surface area contributed by atoms with Crippen molar-refractivity contribution >= 4 is 27.5 Å². The van der Waals surface area contributed by atoms with Crippen LogP contribution in [0.5, 0.6) is 17.2 Å². The van der Waals surface area contributed by atoms with E-state index in [9.17, 15) is 13.2 Å². The lowest BCUT2D eigenvalue weighted by Crippen LogP contribution is -2.48. The fourth-order valence-electron chi connectivity index (χ4n) is 3.60. The highest BCUT2D eigenvalue weighted by molar-refractivity contribution is 7.89. The fraction of sp³-hybridized carbons (Fsp3) is 0.269. The Morgan fingerprint density at radius 1 is 0.861 bits per heavy atom. The zero-order valence-corrected chi connectivity index (χ0v) is 21.9. The van der Waals surface area contributed by atoms with Crippen LogP contribution in [-0.2, 0) is 27.7 Å². The molecule has 0 radical (unpaired) electrons. The van der Waals surface area contributed by atoms with Gasteiger partial charge in [0.2, 0.25) is 15.9 Å². The molecule has 0 heterocycles. The fourth-order valence-corrected chi connectivity index (χ4v) is 5.14. The summed E-state index contributed by atoms with van der Waals surface area (Å²) in [5.74, 6) is 1.11. The van der Waals surface area contributed by atoms with Gasteiger partial charge < -0.3 is 19.5 Å². The van der Waals surface area contributed by atoms with Crippen molar-refractivity contribution in [1.82, 2.24) is 10.0 Å². The highest BCUT2D eigenvalue weighted by atomic mass is 35.5. The topological polar surface area (TPSA) is 103 Å². The van der Waals surface area contributed by atoms with Gasteiger partial charge in [-0.15, -0.1) is 0 Å². The van der Waals surface area contributed by atoms with Gasteiger partial charge in [-0.3, -0.25) is 4.79 Å². The number of ether oxygens (including phenoxy) is 3. The number of methoxy groups -OCH3 is 3. The number of hydrogen-bond donors (Lipinski definition) is 2. The highest BCUT2D eigenvalue weighted by Gasteiger charge is 2.26. The first-order valence-corrected chi connectivity index (χ1v) is 13.0. The number of sulfonamides is 1. The zero-order valence-electron chi connectivity index (χ0n) is 20.3. The van der Waals surface area contributed by atoms with Crippen LogP contribution in [0.3, 0.4) is 0 Å². The summed E-state index contributed by atoms with van der Waals surface area (Å²) in [6, 6.07) is 17.8. The summed E-state index contributed by atoms with van der Waals surface area (Å²) in [6.07, 6.45) is 0.692. The van der Waals surface area contributed by atoms with Crippen molar-refractivity contribution in [2.45, 2.75) is 23.8 Å². The van der Waals surface area contributed by atoms with Gasteiger partial charge in [0.1, 0.15) is 11.8 Å². The van der Waals surface area contributed by atoms with Gasteiger partial charge in [-0.1, -0.05) is 48.0 Å². The van der Waals surface area contributed by atoms with E-state index >= 15 is 0 Å². The first-order valence-electron chi connectivity index (χ1n) is 11.2. The van der Waals surface area contributed by atoms with Crippen LogP contribution in [0.15, 0.2) is 71.6 Å². The first kappa shape index (κ1) is 27.3. The number of halogens is 1. The zero-order chi connectivity index (χ0) is 26.1. The smallest absolute Gasteiger partial charge is 0.241 e. The Balaban J connectivity index is 1.74. The number of hydrogen-bond acceptors (Lipinski definition) is 6. The molecule has 0 aliphatic carbocycles. The van der Waals surface area contributed by atoms with Gasteiger partial charge in [0.05, 0.1) is 31.2 Å². The Kier molecular flexibility index (Phi) is 9.58. The van der Waals surface area contributed by atoms with Gasteiger partial charge in [-0.25, -0.2) is 8.42 Å². The summed E-state index contributed by atoms with van der Waals surface area (Å²) in [5.41, 5.74) is 1.74. The molecule has 0 spiro atoms. The molecule has 1 atom stereocenters. The molecular formula is C26H29ClN2O6S. The maximum atomic E-state index is 13.1. The molecule has 192 valence electrons. The summed E-state index contributed by atoms with van der Waals surface area (Å²) >= 11 is 6.12. The lowest BCUT2D eigenvalue weighted by atomic mass is 10.1. The summed E-state index contributed by atoms with van der Waals surface area (Å²) in [6.45, 7) is 0.301. The average Bonchev–Trinajstić information content (AvgIpc) is 2.88. The van der Waals surface area contributed by atoms with Gasteiger partial charge in [0.15, 0.2) is 11.5 Å². The van der Waals surface area contributed by atoms with Crippen molar-refractivity contribution < 1.29 is 27.4 Å². The monoisotopic (exact) mass is 532 g/mol. The maximum absolute atomic E-state index is 13.1. The van der Waals surface area contributed by atoms with Gasteiger partial charge in [-0.05, 0) is 54.3 Å². The number of benzene rings is 3. The number of rotatable bonds is 12. The van der Waals surface area contributed by atoms with Crippen molar-refractivity contribution in [1.29, 1.82) is 0 Å². The van der Waals surface area contributed by atoms with Gasteiger partial charge in [0, 0.05) is 6.54 Å². The second kappa shape index (κ2) is 12.6. The molecule has 0 aliphatic rings. The third-order valence-corrected chi connectivity index (χ3v) is 7.26. The molecule has 0 saturated carbocycles. The molecule has 1 amide bonds. The van der Waals surface area contributed by atoms with E-state index in [1.54, 1.807) is 20.3 Å². The number of carbonyl (C=O) groups is 1. The molecule has 3 aromatic carbocycles. The van der Waals surface area contributed by atoms with Crippen molar-refractivity contribution in [2.75, 3.05) is 27.9 Å². The second-order valence-electron chi connectivity index (χ2n) is 7.89. The number of carbonyl (C=O) groups excluding carboxylic acids is 1. The van der Waals surface area contributed by atoms with E-state index < -0.39 is 22.0 Å². The summed E-state index contributed by atoms with van der Waals surface area (Å²) in [5, 5.41) is 2.99. The van der Waals surface area contributed by atoms with Crippen molar-refractivity contribution in [2.24, 2.45) is 0 Å². The third kappa shape index (κ3) is 7.13. The molecule has 0 saturated heterocycles. The minimum Gasteiger partial charge on any atom is -0.495 e. The summed E-state index contributed by atoms with van der Waals surface area (Å²) in [4.78, 5) is 13.0. The minimum atomic E-state index is -4.05. The molecule has 8 nitrogen and oxygen atoms in total. The quantitative estimate of drug-likeness (QED) is 0.369. The Labute approximate surface area is 216 Å². The van der Waals surface area contributed by atoms with Crippen molar-refractivity contribution in [3.8, 4) is 17.2 Å². The van der Waals surface area contributed by atoms with E-state index in [1.807, 2.05) is 42.5 Å². The molecule has 0 unspecified atom stereocenters. The lowest BCUT2D eigenvalue weighted by molar-refractivity contribution is -0.122. The van der Waals surface area contributed by atoms with E-state index in [0.717, 1.165) is 11.1 Å². The molecule has 36 heavy (non-hydrogen) atoms. The standard InChI is InChI=1S/C26H29ClN2O6S/c1-33-23-12-10-20(17-21(23)27)36(31,32)29-22(15-18-7-5-4-6-8-18)26(30)28-14-13-19-9-11-24(34-2)25(16-19)35-3/h4-12,16-17,22,29H,13-15H2,1-3H3,(H,28,30)/t22-/m0/s1. The van der Waals surface area contributed by atoms with E-state index in [1.165, 1.54) is 25.3 Å². The Morgan fingerprint density at radius 2 is 1.53 bits per heavy atom. The Hall–Kier alpha value is -3.27. The minimum absolute atomic E-state index is 0.0653. The van der Waals surface area contributed by atoms with Crippen molar-refractivity contribution in [3.05, 3.63) is 82.9 Å². The van der Waals surface area contributed by atoms with E-state index in [0.29, 0.717) is 30.2 Å². The van der Waals surface area contributed by atoms with E-state index in [-0.39, 0.29) is 16.3 Å².